The van der Waals surface area contributed by atoms with Crippen LogP contribution < -0.4 is 0 Å². The number of para-hydroxylation sites is 1. The molecule has 2 heterocycles. The zero-order valence-electron chi connectivity index (χ0n) is 11.9. The molecule has 0 saturated heterocycles. The fourth-order valence-corrected chi connectivity index (χ4v) is 2.64. The molecule has 0 fully saturated rings. The molecular weight excluding hydrogens is 288 g/mol. The van der Waals surface area contributed by atoms with Gasteiger partial charge in [0.25, 0.3) is 0 Å². The van der Waals surface area contributed by atoms with Gasteiger partial charge in [-0.05, 0) is 12.1 Å². The predicted octanol–water partition coefficient (Wildman–Crippen LogP) is 4.70. The molecule has 0 spiro atoms. The first-order valence-corrected chi connectivity index (χ1v) is 7.23. The lowest BCUT2D eigenvalue weighted by atomic mass is 9.91. The lowest BCUT2D eigenvalue weighted by Crippen LogP contribution is -2.11. The summed E-state index contributed by atoms with van der Waals surface area (Å²) in [5.74, 6) is -0.329. The molecule has 108 valence electrons. The number of rotatable bonds is 2. The molecule has 0 amide bonds. The summed E-state index contributed by atoms with van der Waals surface area (Å²) in [6.07, 6.45) is 0. The first-order valence-electron chi connectivity index (χ1n) is 6.41. The second-order valence-electron chi connectivity index (χ2n) is 5.60. The van der Waals surface area contributed by atoms with E-state index in [1.807, 2.05) is 45.0 Å². The Labute approximate surface area is 125 Å². The van der Waals surface area contributed by atoms with Gasteiger partial charge in [0.2, 0.25) is 5.13 Å². The monoisotopic (exact) mass is 302 g/mol. The maximum absolute atomic E-state index is 9.71. The van der Waals surface area contributed by atoms with E-state index in [1.165, 1.54) is 11.3 Å². The summed E-state index contributed by atoms with van der Waals surface area (Å²) < 4.78 is 5.84. The molecule has 7 heteroatoms. The summed E-state index contributed by atoms with van der Waals surface area (Å²) in [6.45, 7) is 5.88. The Morgan fingerprint density at radius 2 is 1.95 bits per heavy atom. The fourth-order valence-electron chi connectivity index (χ4n) is 1.85. The van der Waals surface area contributed by atoms with Crippen molar-refractivity contribution in [3.8, 4) is 5.95 Å². The summed E-state index contributed by atoms with van der Waals surface area (Å²) in [5, 5.41) is 22.2. The minimum atomic E-state index is -0.329. The molecular formula is C14H14N4O2S. The van der Waals surface area contributed by atoms with Crippen molar-refractivity contribution in [3.63, 3.8) is 0 Å². The zero-order valence-corrected chi connectivity index (χ0v) is 12.7. The van der Waals surface area contributed by atoms with E-state index in [9.17, 15) is 5.11 Å². The number of hydrogen-bond acceptors (Lipinski definition) is 7. The van der Waals surface area contributed by atoms with Gasteiger partial charge in [-0.15, -0.1) is 10.2 Å². The van der Waals surface area contributed by atoms with Crippen LogP contribution in [0.2, 0.25) is 0 Å². The number of azo groups is 1. The van der Waals surface area contributed by atoms with Crippen LogP contribution in [0.15, 0.2) is 39.0 Å². The highest BCUT2D eigenvalue weighted by Gasteiger charge is 2.26. The standard InChI is InChI=1S/C14H14N4O2S/c1-14(2,3)11-10(12(19)20-18-11)16-17-13-15-8-6-4-5-7-9(8)21-13/h4-7,19H,1-3H3. The van der Waals surface area contributed by atoms with E-state index in [0.29, 0.717) is 10.8 Å². The number of aromatic nitrogens is 2. The third-order valence-corrected chi connectivity index (χ3v) is 3.80. The minimum absolute atomic E-state index is 0.252. The van der Waals surface area contributed by atoms with E-state index in [-0.39, 0.29) is 17.0 Å². The summed E-state index contributed by atoms with van der Waals surface area (Å²) >= 11 is 1.43. The van der Waals surface area contributed by atoms with Gasteiger partial charge in [-0.1, -0.05) is 49.4 Å². The van der Waals surface area contributed by atoms with Gasteiger partial charge in [-0.25, -0.2) is 4.98 Å². The quantitative estimate of drug-likeness (QED) is 0.695. The van der Waals surface area contributed by atoms with Gasteiger partial charge < -0.3 is 9.63 Å². The van der Waals surface area contributed by atoms with Gasteiger partial charge >= 0.3 is 5.95 Å². The Hall–Kier alpha value is -2.28. The first-order chi connectivity index (χ1) is 9.95. The molecule has 0 radical (unpaired) electrons. The Balaban J connectivity index is 1.98. The number of benzene rings is 1. The Morgan fingerprint density at radius 1 is 1.19 bits per heavy atom. The maximum atomic E-state index is 9.71. The molecule has 0 aliphatic carbocycles. The van der Waals surface area contributed by atoms with Crippen molar-refractivity contribution in [3.05, 3.63) is 30.0 Å². The van der Waals surface area contributed by atoms with Gasteiger partial charge in [0.05, 0.1) is 10.2 Å². The van der Waals surface area contributed by atoms with E-state index in [1.54, 1.807) is 0 Å². The fraction of sp³-hybridized carbons (Fsp3) is 0.286. The minimum Gasteiger partial charge on any atom is -0.478 e. The Bertz CT molecular complexity index is 781. The number of thiazole rings is 1. The number of hydrogen-bond donors (Lipinski definition) is 1. The lowest BCUT2D eigenvalue weighted by molar-refractivity contribution is 0.273. The average molecular weight is 302 g/mol. The molecule has 0 atom stereocenters. The SMILES string of the molecule is CC(C)(C)c1noc(O)c1N=Nc1nc2ccccc2s1. The van der Waals surface area contributed by atoms with Crippen molar-refractivity contribution in [2.75, 3.05) is 0 Å². The summed E-state index contributed by atoms with van der Waals surface area (Å²) in [4.78, 5) is 4.36. The normalized spacial score (nSPS) is 12.5. The Morgan fingerprint density at radius 3 is 2.67 bits per heavy atom. The van der Waals surface area contributed by atoms with E-state index in [0.717, 1.165) is 10.2 Å². The number of nitrogens with zero attached hydrogens (tertiary/aromatic N) is 4. The van der Waals surface area contributed by atoms with Crippen molar-refractivity contribution >= 4 is 32.4 Å². The number of aromatic hydroxyl groups is 1. The second-order valence-corrected chi connectivity index (χ2v) is 6.61. The van der Waals surface area contributed by atoms with Crippen LogP contribution in [0.25, 0.3) is 10.2 Å². The topological polar surface area (TPSA) is 83.9 Å². The van der Waals surface area contributed by atoms with Crippen LogP contribution in [-0.2, 0) is 5.41 Å². The van der Waals surface area contributed by atoms with Crippen LogP contribution in [0.3, 0.4) is 0 Å². The van der Waals surface area contributed by atoms with Crippen LogP contribution in [-0.4, -0.2) is 15.2 Å². The third kappa shape index (κ3) is 2.64. The molecule has 1 aromatic carbocycles. The molecule has 0 unspecified atom stereocenters. The Kier molecular flexibility index (Phi) is 3.21. The van der Waals surface area contributed by atoms with E-state index in [2.05, 4.69) is 20.4 Å². The summed E-state index contributed by atoms with van der Waals surface area (Å²) in [7, 11) is 0. The first kappa shape index (κ1) is 13.7. The van der Waals surface area contributed by atoms with E-state index < -0.39 is 0 Å². The van der Waals surface area contributed by atoms with E-state index in [4.69, 9.17) is 4.52 Å². The molecule has 1 N–H and O–H groups in total. The smallest absolute Gasteiger partial charge is 0.337 e. The van der Waals surface area contributed by atoms with Gasteiger partial charge in [0.1, 0.15) is 5.69 Å². The molecule has 0 bridgehead atoms. The van der Waals surface area contributed by atoms with Gasteiger partial charge in [0.15, 0.2) is 5.69 Å². The molecule has 0 saturated carbocycles. The van der Waals surface area contributed by atoms with Crippen molar-refractivity contribution in [1.29, 1.82) is 0 Å². The highest BCUT2D eigenvalue weighted by atomic mass is 32.1. The summed E-state index contributed by atoms with van der Waals surface area (Å²) in [6, 6.07) is 7.77. The van der Waals surface area contributed by atoms with Crippen molar-refractivity contribution in [2.45, 2.75) is 26.2 Å². The lowest BCUT2D eigenvalue weighted by Gasteiger charge is -2.13. The van der Waals surface area contributed by atoms with Crippen LogP contribution in [0.4, 0.5) is 10.8 Å². The van der Waals surface area contributed by atoms with Crippen molar-refractivity contribution in [1.82, 2.24) is 10.1 Å². The molecule has 0 aliphatic heterocycles. The van der Waals surface area contributed by atoms with Gasteiger partial charge in [-0.3, -0.25) is 0 Å². The van der Waals surface area contributed by atoms with Gasteiger partial charge in [0, 0.05) is 5.41 Å². The summed E-state index contributed by atoms with van der Waals surface area (Å²) in [5.41, 5.74) is 1.39. The molecule has 3 aromatic rings. The highest BCUT2D eigenvalue weighted by molar-refractivity contribution is 7.21. The van der Waals surface area contributed by atoms with Gasteiger partial charge in [-0.2, -0.15) is 0 Å². The maximum Gasteiger partial charge on any atom is 0.337 e. The molecule has 2 aromatic heterocycles. The van der Waals surface area contributed by atoms with E-state index >= 15 is 0 Å². The molecule has 3 rings (SSSR count). The van der Waals surface area contributed by atoms with Crippen LogP contribution in [0, 0.1) is 0 Å². The molecule has 0 aliphatic rings. The largest absolute Gasteiger partial charge is 0.478 e. The number of fused-ring (bicyclic) bond motifs is 1. The molecule has 6 nitrogen and oxygen atoms in total. The second kappa shape index (κ2) is 4.92. The third-order valence-electron chi connectivity index (χ3n) is 2.88. The van der Waals surface area contributed by atoms with Crippen molar-refractivity contribution in [2.24, 2.45) is 10.2 Å². The van der Waals surface area contributed by atoms with Crippen molar-refractivity contribution < 1.29 is 9.63 Å². The molecule has 21 heavy (non-hydrogen) atoms. The van der Waals surface area contributed by atoms with Crippen LogP contribution in [0.1, 0.15) is 26.5 Å². The zero-order chi connectivity index (χ0) is 15.0. The van der Waals surface area contributed by atoms with Crippen LogP contribution >= 0.6 is 11.3 Å². The highest BCUT2D eigenvalue weighted by Crippen LogP contribution is 2.39. The predicted molar refractivity (Wildman–Crippen MR) is 80.7 cm³/mol. The average Bonchev–Trinajstić information content (AvgIpc) is 2.98. The van der Waals surface area contributed by atoms with Crippen LogP contribution in [0.5, 0.6) is 5.95 Å².